The number of hydrogen-bond donors (Lipinski definition) is 2. The summed E-state index contributed by atoms with van der Waals surface area (Å²) in [5.74, 6) is 0.000342. The summed E-state index contributed by atoms with van der Waals surface area (Å²) in [6.45, 7) is 1.02. The molecule has 0 radical (unpaired) electrons. The lowest BCUT2D eigenvalue weighted by atomic mass is 10.2. The highest BCUT2D eigenvalue weighted by Crippen LogP contribution is 2.23. The number of halogens is 1. The number of nitrogens with zero attached hydrogens (tertiary/aromatic N) is 4. The van der Waals surface area contributed by atoms with Crippen LogP contribution in [0.3, 0.4) is 0 Å². The Labute approximate surface area is 145 Å². The third-order valence-electron chi connectivity index (χ3n) is 3.03. The topological polar surface area (TPSA) is 97.0 Å². The Morgan fingerprint density at radius 1 is 1.38 bits per heavy atom. The fourth-order valence-corrected chi connectivity index (χ4v) is 2.20. The monoisotopic (exact) mass is 346 g/mol. The first-order valence-corrected chi connectivity index (χ1v) is 7.67. The minimum atomic E-state index is -0.287. The van der Waals surface area contributed by atoms with Gasteiger partial charge in [0.05, 0.1) is 12.2 Å². The van der Waals surface area contributed by atoms with Gasteiger partial charge < -0.3 is 16.0 Å². The van der Waals surface area contributed by atoms with Crippen LogP contribution in [0.4, 0.5) is 11.8 Å². The van der Waals surface area contributed by atoms with Crippen LogP contribution in [0.1, 0.15) is 16.1 Å². The number of nitrogens with one attached hydrogen (secondary N) is 1. The van der Waals surface area contributed by atoms with Crippen molar-refractivity contribution in [2.75, 3.05) is 31.7 Å². The van der Waals surface area contributed by atoms with Gasteiger partial charge in [0, 0.05) is 12.7 Å². The summed E-state index contributed by atoms with van der Waals surface area (Å²) in [5.41, 5.74) is 6.63. The van der Waals surface area contributed by atoms with Crippen molar-refractivity contribution < 1.29 is 4.79 Å². The molecule has 7 nitrogen and oxygen atoms in total. The van der Waals surface area contributed by atoms with E-state index in [4.69, 9.17) is 17.3 Å². The van der Waals surface area contributed by atoms with Gasteiger partial charge in [-0.1, -0.05) is 23.7 Å². The molecule has 0 atom stereocenters. The number of anilines is 2. The second-order valence-electron chi connectivity index (χ2n) is 5.30. The molecule has 3 N–H and O–H groups in total. The van der Waals surface area contributed by atoms with Gasteiger partial charge in [0.2, 0.25) is 5.95 Å². The van der Waals surface area contributed by atoms with Gasteiger partial charge in [0.15, 0.2) is 5.78 Å². The summed E-state index contributed by atoms with van der Waals surface area (Å²) >= 11 is 6.10. The van der Waals surface area contributed by atoms with E-state index in [9.17, 15) is 4.79 Å². The first-order chi connectivity index (χ1) is 11.5. The average Bonchev–Trinajstić information content (AvgIpc) is 2.52. The zero-order valence-electron chi connectivity index (χ0n) is 13.5. The molecule has 0 aromatic carbocycles. The summed E-state index contributed by atoms with van der Waals surface area (Å²) in [7, 11) is 3.82. The minimum Gasteiger partial charge on any atom is -0.368 e. The van der Waals surface area contributed by atoms with Crippen LogP contribution in [0.5, 0.6) is 0 Å². The van der Waals surface area contributed by atoms with E-state index in [0.29, 0.717) is 13.1 Å². The van der Waals surface area contributed by atoms with Crippen molar-refractivity contribution in [1.82, 2.24) is 19.9 Å². The molecule has 0 bridgehead atoms. The van der Waals surface area contributed by atoms with E-state index in [1.54, 1.807) is 12.3 Å². The molecule has 8 heteroatoms. The zero-order valence-corrected chi connectivity index (χ0v) is 14.3. The molecule has 0 aliphatic heterocycles. The molecule has 2 heterocycles. The van der Waals surface area contributed by atoms with Crippen LogP contribution in [0.2, 0.25) is 5.15 Å². The molecule has 0 spiro atoms. The molecule has 0 unspecified atom stereocenters. The second kappa shape index (κ2) is 8.37. The third-order valence-corrected chi connectivity index (χ3v) is 3.30. The van der Waals surface area contributed by atoms with Gasteiger partial charge in [-0.05, 0) is 32.3 Å². The molecular formula is C16H19ClN6O. The number of likely N-dealkylation sites (N-methyl/N-ethyl adjacent to an activating group) is 1. The fourth-order valence-electron chi connectivity index (χ4n) is 1.93. The Morgan fingerprint density at radius 2 is 2.17 bits per heavy atom. The molecule has 2 aromatic rings. The van der Waals surface area contributed by atoms with Gasteiger partial charge in [-0.15, -0.1) is 0 Å². The normalized spacial score (nSPS) is 11.2. The summed E-state index contributed by atoms with van der Waals surface area (Å²) in [4.78, 5) is 26.5. The Bertz CT molecular complexity index is 733. The number of ketones is 1. The van der Waals surface area contributed by atoms with E-state index in [1.165, 1.54) is 6.08 Å². The molecule has 0 saturated heterocycles. The average molecular weight is 347 g/mol. The summed E-state index contributed by atoms with van der Waals surface area (Å²) in [6.07, 6.45) is 4.89. The van der Waals surface area contributed by atoms with E-state index in [0.717, 1.165) is 5.69 Å². The Kier molecular flexibility index (Phi) is 6.22. The van der Waals surface area contributed by atoms with Crippen molar-refractivity contribution in [3.63, 3.8) is 0 Å². The van der Waals surface area contributed by atoms with Gasteiger partial charge in [0.25, 0.3) is 0 Å². The van der Waals surface area contributed by atoms with E-state index in [1.807, 2.05) is 37.2 Å². The Hall–Kier alpha value is -2.51. The minimum absolute atomic E-state index is 0.00246. The number of carbonyl (C=O) groups excluding carboxylic acids is 1. The number of nitrogens with two attached hydrogens (primary N) is 1. The second-order valence-corrected chi connectivity index (χ2v) is 5.66. The van der Waals surface area contributed by atoms with Crippen LogP contribution in [-0.4, -0.2) is 46.3 Å². The lowest BCUT2D eigenvalue weighted by Crippen LogP contribution is -2.13. The largest absolute Gasteiger partial charge is 0.368 e. The van der Waals surface area contributed by atoms with Crippen molar-refractivity contribution >= 4 is 29.2 Å². The van der Waals surface area contributed by atoms with Crippen LogP contribution >= 0.6 is 11.6 Å². The predicted octanol–water partition coefficient (Wildman–Crippen LogP) is 2.02. The van der Waals surface area contributed by atoms with E-state index < -0.39 is 0 Å². The summed E-state index contributed by atoms with van der Waals surface area (Å²) < 4.78 is 0. The molecule has 0 amide bonds. The van der Waals surface area contributed by atoms with Crippen LogP contribution in [0.15, 0.2) is 36.5 Å². The quantitative estimate of drug-likeness (QED) is 0.449. The predicted molar refractivity (Wildman–Crippen MR) is 95.0 cm³/mol. The molecule has 2 aromatic heterocycles. The molecule has 0 saturated carbocycles. The fraction of sp³-hybridized carbons (Fsp3) is 0.250. The van der Waals surface area contributed by atoms with Crippen molar-refractivity contribution in [2.24, 2.45) is 0 Å². The SMILES string of the molecule is CN(C)C/C=C/C(=O)c1c(Cl)nc(N)nc1NCc1ccccn1. The highest BCUT2D eigenvalue weighted by molar-refractivity contribution is 6.34. The maximum Gasteiger partial charge on any atom is 0.223 e. The number of pyridine rings is 1. The molecule has 2 rings (SSSR count). The van der Waals surface area contributed by atoms with Crippen molar-refractivity contribution in [1.29, 1.82) is 0 Å². The van der Waals surface area contributed by atoms with Gasteiger partial charge >= 0.3 is 0 Å². The van der Waals surface area contributed by atoms with E-state index in [-0.39, 0.29) is 28.3 Å². The van der Waals surface area contributed by atoms with Gasteiger partial charge in [0.1, 0.15) is 16.5 Å². The first-order valence-electron chi connectivity index (χ1n) is 7.29. The van der Waals surface area contributed by atoms with Crippen LogP contribution in [0, 0.1) is 0 Å². The molecule has 126 valence electrons. The smallest absolute Gasteiger partial charge is 0.223 e. The van der Waals surface area contributed by atoms with E-state index >= 15 is 0 Å². The Morgan fingerprint density at radius 3 is 2.83 bits per heavy atom. The zero-order chi connectivity index (χ0) is 17.5. The van der Waals surface area contributed by atoms with Crippen LogP contribution < -0.4 is 11.1 Å². The lowest BCUT2D eigenvalue weighted by molar-refractivity contribution is 0.104. The van der Waals surface area contributed by atoms with Crippen molar-refractivity contribution in [3.8, 4) is 0 Å². The number of nitrogen functional groups attached to an aromatic ring is 1. The standard InChI is InChI=1S/C16H19ClN6O/c1-23(2)9-5-7-12(24)13-14(17)21-16(18)22-15(13)20-10-11-6-3-4-8-19-11/h3-8H,9-10H2,1-2H3,(H3,18,20,21,22)/b7-5+. The molecule has 0 aliphatic rings. The number of carbonyl (C=O) groups is 1. The Balaban J connectivity index is 2.23. The maximum absolute atomic E-state index is 12.4. The van der Waals surface area contributed by atoms with Crippen molar-refractivity contribution in [3.05, 3.63) is 53.0 Å². The molecule has 24 heavy (non-hydrogen) atoms. The third kappa shape index (κ3) is 5.00. The van der Waals surface area contributed by atoms with Gasteiger partial charge in [-0.2, -0.15) is 4.98 Å². The number of hydrogen-bond acceptors (Lipinski definition) is 7. The first kappa shape index (κ1) is 17.8. The maximum atomic E-state index is 12.4. The van der Waals surface area contributed by atoms with Gasteiger partial charge in [-0.25, -0.2) is 4.98 Å². The molecular weight excluding hydrogens is 328 g/mol. The number of aromatic nitrogens is 3. The van der Waals surface area contributed by atoms with Crippen LogP contribution in [0.25, 0.3) is 0 Å². The van der Waals surface area contributed by atoms with Crippen molar-refractivity contribution in [2.45, 2.75) is 6.54 Å². The van der Waals surface area contributed by atoms with E-state index in [2.05, 4.69) is 20.3 Å². The number of allylic oxidation sites excluding steroid dienone is 1. The lowest BCUT2D eigenvalue weighted by Gasteiger charge is -2.11. The molecule has 0 aliphatic carbocycles. The van der Waals surface area contributed by atoms with Gasteiger partial charge in [-0.3, -0.25) is 9.78 Å². The number of rotatable bonds is 7. The highest BCUT2D eigenvalue weighted by Gasteiger charge is 2.17. The highest BCUT2D eigenvalue weighted by atomic mass is 35.5. The van der Waals surface area contributed by atoms with Crippen LogP contribution in [-0.2, 0) is 6.54 Å². The summed E-state index contributed by atoms with van der Waals surface area (Å²) in [6, 6.07) is 5.56. The molecule has 0 fully saturated rings. The summed E-state index contributed by atoms with van der Waals surface area (Å²) in [5, 5.41) is 3.07.